The van der Waals surface area contributed by atoms with Crippen molar-refractivity contribution in [1.82, 2.24) is 0 Å². The molecule has 0 aromatic heterocycles. The molecule has 0 aromatic rings. The maximum Gasteiger partial charge on any atom is 0.303 e. The molecular formula is C15H22O5. The number of ketones is 1. The number of carbonyl (C=O) groups excluding carboxylic acids is 1. The number of hydrogen-bond acceptors (Lipinski definition) is 3. The molecule has 2 rings (SSSR count). The van der Waals surface area contributed by atoms with Crippen molar-refractivity contribution in [1.29, 1.82) is 0 Å². The maximum absolute atomic E-state index is 12.1. The largest absolute Gasteiger partial charge is 0.481 e. The van der Waals surface area contributed by atoms with Gasteiger partial charge >= 0.3 is 11.9 Å². The molecule has 112 valence electrons. The van der Waals surface area contributed by atoms with Gasteiger partial charge in [0.15, 0.2) is 0 Å². The van der Waals surface area contributed by atoms with Gasteiger partial charge in [-0.05, 0) is 43.4 Å². The Labute approximate surface area is 118 Å². The van der Waals surface area contributed by atoms with E-state index in [4.69, 9.17) is 10.2 Å². The molecule has 2 aliphatic carbocycles. The molecule has 20 heavy (non-hydrogen) atoms. The summed E-state index contributed by atoms with van der Waals surface area (Å²) in [6, 6.07) is 0. The van der Waals surface area contributed by atoms with Crippen molar-refractivity contribution >= 4 is 17.7 Å². The summed E-state index contributed by atoms with van der Waals surface area (Å²) in [7, 11) is 0. The summed E-state index contributed by atoms with van der Waals surface area (Å²) in [5.41, 5.74) is -0.349. The lowest BCUT2D eigenvalue weighted by Crippen LogP contribution is -2.42. The minimum absolute atomic E-state index is 0.0100. The van der Waals surface area contributed by atoms with Crippen molar-refractivity contribution in [3.8, 4) is 0 Å². The molecule has 0 radical (unpaired) electrons. The third-order valence-electron chi connectivity index (χ3n) is 5.42. The average molecular weight is 282 g/mol. The average Bonchev–Trinajstić information content (AvgIpc) is 2.64. The lowest BCUT2D eigenvalue weighted by Gasteiger charge is -2.45. The van der Waals surface area contributed by atoms with Crippen LogP contribution in [0.5, 0.6) is 0 Å². The first-order chi connectivity index (χ1) is 9.34. The molecule has 0 saturated heterocycles. The van der Waals surface area contributed by atoms with E-state index >= 15 is 0 Å². The molecule has 4 atom stereocenters. The Morgan fingerprint density at radius 1 is 1.25 bits per heavy atom. The van der Waals surface area contributed by atoms with E-state index in [1.165, 1.54) is 0 Å². The van der Waals surface area contributed by atoms with Gasteiger partial charge in [-0.25, -0.2) is 0 Å². The van der Waals surface area contributed by atoms with Gasteiger partial charge < -0.3 is 10.2 Å². The number of hydrogen-bond donors (Lipinski definition) is 2. The van der Waals surface area contributed by atoms with Gasteiger partial charge in [-0.2, -0.15) is 0 Å². The Hall–Kier alpha value is -1.39. The Morgan fingerprint density at radius 3 is 2.55 bits per heavy atom. The zero-order valence-corrected chi connectivity index (χ0v) is 11.8. The number of aliphatic carboxylic acids is 2. The lowest BCUT2D eigenvalue weighted by atomic mass is 9.58. The fraction of sp³-hybridized carbons (Fsp3) is 0.800. The van der Waals surface area contributed by atoms with Crippen LogP contribution in [0.3, 0.4) is 0 Å². The quantitative estimate of drug-likeness (QED) is 0.807. The summed E-state index contributed by atoms with van der Waals surface area (Å²) >= 11 is 0. The molecule has 0 spiro atoms. The van der Waals surface area contributed by atoms with Crippen LogP contribution in [-0.2, 0) is 14.4 Å². The van der Waals surface area contributed by atoms with E-state index in [9.17, 15) is 14.4 Å². The molecule has 0 aromatic carbocycles. The number of carbonyl (C=O) groups is 3. The van der Waals surface area contributed by atoms with Crippen LogP contribution in [0.15, 0.2) is 0 Å². The molecule has 2 aliphatic rings. The van der Waals surface area contributed by atoms with Crippen LogP contribution in [0.25, 0.3) is 0 Å². The van der Waals surface area contributed by atoms with Gasteiger partial charge in [0.1, 0.15) is 5.78 Å². The van der Waals surface area contributed by atoms with Crippen LogP contribution in [0, 0.1) is 23.2 Å². The molecule has 0 bridgehead atoms. The van der Waals surface area contributed by atoms with Crippen LogP contribution in [0.1, 0.15) is 51.9 Å². The highest BCUT2D eigenvalue weighted by atomic mass is 16.4. The first-order valence-electron chi connectivity index (χ1n) is 7.31. The van der Waals surface area contributed by atoms with Crippen LogP contribution >= 0.6 is 0 Å². The van der Waals surface area contributed by atoms with Crippen molar-refractivity contribution in [3.63, 3.8) is 0 Å². The van der Waals surface area contributed by atoms with Crippen molar-refractivity contribution in [3.05, 3.63) is 0 Å². The highest BCUT2D eigenvalue weighted by molar-refractivity contribution is 5.87. The minimum Gasteiger partial charge on any atom is -0.481 e. The van der Waals surface area contributed by atoms with Gasteiger partial charge in [0.2, 0.25) is 0 Å². The van der Waals surface area contributed by atoms with Crippen LogP contribution in [0.4, 0.5) is 0 Å². The molecule has 2 saturated carbocycles. The summed E-state index contributed by atoms with van der Waals surface area (Å²) in [5.74, 6) is -1.19. The van der Waals surface area contributed by atoms with E-state index in [1.54, 1.807) is 0 Å². The number of rotatable bonds is 5. The highest BCUT2D eigenvalue weighted by Crippen LogP contribution is 2.56. The topological polar surface area (TPSA) is 91.7 Å². The maximum atomic E-state index is 12.1. The third kappa shape index (κ3) is 2.72. The summed E-state index contributed by atoms with van der Waals surface area (Å²) in [6.07, 6.45) is 3.45. The van der Waals surface area contributed by atoms with Gasteiger partial charge in [0.25, 0.3) is 0 Å². The van der Waals surface area contributed by atoms with Gasteiger partial charge in [-0.3, -0.25) is 14.4 Å². The Balaban J connectivity index is 2.18. The van der Waals surface area contributed by atoms with Gasteiger partial charge in [-0.15, -0.1) is 0 Å². The van der Waals surface area contributed by atoms with Crippen molar-refractivity contribution in [2.45, 2.75) is 51.9 Å². The Bertz CT molecular complexity index is 430. The molecule has 5 nitrogen and oxygen atoms in total. The van der Waals surface area contributed by atoms with Gasteiger partial charge in [0, 0.05) is 24.7 Å². The first-order valence-corrected chi connectivity index (χ1v) is 7.31. The second-order valence-corrected chi connectivity index (χ2v) is 6.48. The van der Waals surface area contributed by atoms with E-state index in [1.807, 2.05) is 6.92 Å². The minimum atomic E-state index is -0.851. The van der Waals surface area contributed by atoms with Crippen molar-refractivity contribution in [2.75, 3.05) is 0 Å². The van der Waals surface area contributed by atoms with E-state index in [-0.39, 0.29) is 41.8 Å². The molecular weight excluding hydrogens is 260 g/mol. The normalized spacial score (nSPS) is 36.6. The van der Waals surface area contributed by atoms with E-state index < -0.39 is 11.9 Å². The van der Waals surface area contributed by atoms with E-state index in [0.717, 1.165) is 19.3 Å². The second kappa shape index (κ2) is 5.54. The third-order valence-corrected chi connectivity index (χ3v) is 5.42. The number of fused-ring (bicyclic) bond motifs is 1. The molecule has 2 N–H and O–H groups in total. The zero-order chi connectivity index (χ0) is 14.9. The number of carboxylic acids is 2. The molecule has 0 amide bonds. The van der Waals surface area contributed by atoms with Crippen molar-refractivity contribution < 1.29 is 24.6 Å². The van der Waals surface area contributed by atoms with Gasteiger partial charge in [-0.1, -0.05) is 6.92 Å². The fourth-order valence-electron chi connectivity index (χ4n) is 4.34. The SMILES string of the molecule is CC12CCC(CC(=O)O)C(CCC(=O)O)C1CCC2=O. The van der Waals surface area contributed by atoms with Crippen LogP contribution < -0.4 is 0 Å². The molecule has 5 heteroatoms. The number of carboxylic acid groups (broad SMARTS) is 2. The predicted molar refractivity (Wildman–Crippen MR) is 71.2 cm³/mol. The molecule has 4 unspecified atom stereocenters. The fourth-order valence-corrected chi connectivity index (χ4v) is 4.34. The smallest absolute Gasteiger partial charge is 0.303 e. The lowest BCUT2D eigenvalue weighted by molar-refractivity contribution is -0.140. The Kier molecular flexibility index (Phi) is 4.16. The summed E-state index contributed by atoms with van der Waals surface area (Å²) in [6.45, 7) is 1.98. The van der Waals surface area contributed by atoms with Gasteiger partial charge in [0.05, 0.1) is 0 Å². The Morgan fingerprint density at radius 2 is 1.95 bits per heavy atom. The standard InChI is InChI=1S/C15H22O5/c1-15-7-6-9(8-14(19)20)10(2-5-13(17)18)11(15)3-4-12(15)16/h9-11H,2-8H2,1H3,(H,17,18)(H,19,20). The van der Waals surface area contributed by atoms with E-state index in [2.05, 4.69) is 0 Å². The number of Topliss-reactive ketones (excluding diaryl/α,β-unsaturated/α-hetero) is 1. The van der Waals surface area contributed by atoms with Crippen LogP contribution in [0.2, 0.25) is 0 Å². The molecule has 0 heterocycles. The molecule has 0 aliphatic heterocycles. The van der Waals surface area contributed by atoms with Crippen molar-refractivity contribution in [2.24, 2.45) is 23.2 Å². The summed E-state index contributed by atoms with van der Waals surface area (Å²) in [5, 5.41) is 17.9. The second-order valence-electron chi connectivity index (χ2n) is 6.48. The first kappa shape index (κ1) is 15.0. The summed E-state index contributed by atoms with van der Waals surface area (Å²) < 4.78 is 0. The zero-order valence-electron chi connectivity index (χ0n) is 11.8. The molecule has 2 fully saturated rings. The highest BCUT2D eigenvalue weighted by Gasteiger charge is 2.53. The van der Waals surface area contributed by atoms with E-state index in [0.29, 0.717) is 12.8 Å². The van der Waals surface area contributed by atoms with Crippen LogP contribution in [-0.4, -0.2) is 27.9 Å². The monoisotopic (exact) mass is 282 g/mol. The predicted octanol–water partition coefficient (Wildman–Crippen LogP) is 2.34. The summed E-state index contributed by atoms with van der Waals surface area (Å²) in [4.78, 5) is 33.9.